The Morgan fingerprint density at radius 3 is 0.716 bits per heavy atom. The van der Waals surface area contributed by atoms with Crippen LogP contribution in [0.4, 0.5) is 56.9 Å². The number of aryl methyl sites for hydroxylation is 8. The van der Waals surface area contributed by atoms with Crippen molar-refractivity contribution in [2.45, 2.75) is 68.5 Å². The molecule has 0 N–H and O–H groups in total. The van der Waals surface area contributed by atoms with Gasteiger partial charge in [-0.15, -0.1) is 0 Å². The molecule has 0 radical (unpaired) electrons. The van der Waals surface area contributed by atoms with Gasteiger partial charge in [0.2, 0.25) is 0 Å². The van der Waals surface area contributed by atoms with Crippen LogP contribution < -0.4 is 19.6 Å². The van der Waals surface area contributed by atoms with Gasteiger partial charge >= 0.3 is 0 Å². The summed E-state index contributed by atoms with van der Waals surface area (Å²) in [6.45, 7) is 18.7. The Morgan fingerprint density at radius 2 is 0.466 bits per heavy atom. The summed E-state index contributed by atoms with van der Waals surface area (Å²) in [7, 11) is 0. The molecule has 0 unspecified atom stereocenters. The average molecular weight is 1140 g/mol. The Labute approximate surface area is 516 Å². The third-order valence-electron chi connectivity index (χ3n) is 18.1. The molecule has 0 fully saturated rings. The molecule has 15 aromatic rings. The quantitative estimate of drug-likeness (QED) is 0.101. The zero-order chi connectivity index (χ0) is 59.9. The lowest BCUT2D eigenvalue weighted by molar-refractivity contribution is 0.976. The van der Waals surface area contributed by atoms with E-state index < -0.39 is 0 Å². The highest BCUT2D eigenvalue weighted by Gasteiger charge is 2.29. The fourth-order valence-corrected chi connectivity index (χ4v) is 13.3. The van der Waals surface area contributed by atoms with Gasteiger partial charge in [-0.3, -0.25) is 0 Å². The summed E-state index contributed by atoms with van der Waals surface area (Å²) in [4.78, 5) is 9.86. The summed E-state index contributed by atoms with van der Waals surface area (Å²) in [6.07, 6.45) is 0. The Hall–Kier alpha value is -10.6. The molecule has 0 aliphatic heterocycles. The van der Waals surface area contributed by atoms with Crippen LogP contribution in [0, 0.1) is 55.4 Å². The standard InChI is InChI=1S/C82H70N6/c1-53-9-27-63(28-10-53)83(64-29-11-54(2)12-30-64)51-61-25-43-73-71(49-61)79-75(85(67-35-17-57(5)18-36-67)68-37-19-58(6)20-38-68)45-47-77-81(79)87(73)78-48-46-76(86(69-39-21-59(7)22-40-69)70-41-23-60(8)24-42-70)80-72-50-62(26-44-74(72)88(77)82(78)80)52-84(65-31-13-55(3)14-32-65)66-33-15-56(4)16-34-66/h9-50H,51-52H2,1-8H3. The molecule has 3 heterocycles. The number of hydrogen-bond donors (Lipinski definition) is 0. The summed E-state index contributed by atoms with van der Waals surface area (Å²) in [6, 6.07) is 96.0. The first-order chi connectivity index (χ1) is 42.9. The first kappa shape index (κ1) is 54.1. The number of rotatable bonds is 14. The van der Waals surface area contributed by atoms with Crippen LogP contribution in [0.2, 0.25) is 0 Å². The second kappa shape index (κ2) is 21.7. The van der Waals surface area contributed by atoms with Gasteiger partial charge in [0, 0.05) is 80.1 Å². The van der Waals surface area contributed by atoms with Crippen molar-refractivity contribution < 1.29 is 0 Å². The van der Waals surface area contributed by atoms with E-state index in [1.807, 2.05) is 0 Å². The van der Waals surface area contributed by atoms with E-state index in [2.05, 4.69) is 339 Å². The van der Waals surface area contributed by atoms with Crippen LogP contribution in [0.3, 0.4) is 0 Å². The van der Waals surface area contributed by atoms with Crippen molar-refractivity contribution in [3.63, 3.8) is 0 Å². The van der Waals surface area contributed by atoms with E-state index in [9.17, 15) is 0 Å². The van der Waals surface area contributed by atoms with Crippen LogP contribution in [0.1, 0.15) is 55.6 Å². The number of aromatic nitrogens is 2. The topological polar surface area (TPSA) is 21.8 Å². The lowest BCUT2D eigenvalue weighted by Gasteiger charge is -2.28. The molecule has 0 amide bonds. The van der Waals surface area contributed by atoms with Crippen molar-refractivity contribution in [1.82, 2.24) is 8.80 Å². The first-order valence-electron chi connectivity index (χ1n) is 30.8. The van der Waals surface area contributed by atoms with Gasteiger partial charge in [0.25, 0.3) is 0 Å². The van der Waals surface area contributed by atoms with Gasteiger partial charge in [-0.2, -0.15) is 0 Å². The molecule has 0 atom stereocenters. The third kappa shape index (κ3) is 9.53. The molecule has 0 spiro atoms. The number of hydrogen-bond acceptors (Lipinski definition) is 4. The lowest BCUT2D eigenvalue weighted by Crippen LogP contribution is -2.16. The molecule has 0 aliphatic carbocycles. The van der Waals surface area contributed by atoms with Gasteiger partial charge in [-0.05, 0) is 212 Å². The van der Waals surface area contributed by atoms with Gasteiger partial charge in [0.15, 0.2) is 0 Å². The van der Waals surface area contributed by atoms with Crippen molar-refractivity contribution in [1.29, 1.82) is 0 Å². The number of fused-ring (bicyclic) bond motifs is 8. The molecular weight excluding hydrogens is 1070 g/mol. The zero-order valence-corrected chi connectivity index (χ0v) is 51.3. The molecular formula is C82H70N6. The maximum atomic E-state index is 2.60. The molecule has 3 aromatic heterocycles. The average Bonchev–Trinajstić information content (AvgIpc) is 1.51. The molecule has 0 saturated carbocycles. The molecule has 6 nitrogen and oxygen atoms in total. The van der Waals surface area contributed by atoms with Crippen molar-refractivity contribution in [2.24, 2.45) is 0 Å². The number of benzene rings is 12. The maximum absolute atomic E-state index is 2.60. The fourth-order valence-electron chi connectivity index (χ4n) is 13.3. The molecule has 0 aliphatic rings. The second-order valence-corrected chi connectivity index (χ2v) is 24.6. The van der Waals surface area contributed by atoms with Gasteiger partial charge in [0.05, 0.1) is 44.5 Å². The normalized spacial score (nSPS) is 11.7. The highest BCUT2D eigenvalue weighted by atomic mass is 15.2. The monoisotopic (exact) mass is 1140 g/mol. The van der Waals surface area contributed by atoms with Crippen LogP contribution in [0.15, 0.2) is 255 Å². The van der Waals surface area contributed by atoms with E-state index in [0.717, 1.165) is 78.9 Å². The Bertz CT molecular complexity index is 4550. The predicted octanol–water partition coefficient (Wildman–Crippen LogP) is 22.3. The minimum Gasteiger partial charge on any atom is -0.337 e. The van der Waals surface area contributed by atoms with Crippen molar-refractivity contribution in [3.8, 4) is 0 Å². The Kier molecular flexibility index (Phi) is 13.4. The predicted molar refractivity (Wildman–Crippen MR) is 374 cm³/mol. The van der Waals surface area contributed by atoms with E-state index in [1.54, 1.807) is 0 Å². The van der Waals surface area contributed by atoms with Crippen LogP contribution in [-0.2, 0) is 13.1 Å². The maximum Gasteiger partial charge on any atom is 0.0804 e. The van der Waals surface area contributed by atoms with Crippen molar-refractivity contribution in [3.05, 3.63) is 310 Å². The molecule has 0 bridgehead atoms. The summed E-state index contributed by atoms with van der Waals surface area (Å²) in [5.74, 6) is 0. The highest BCUT2D eigenvalue weighted by molar-refractivity contribution is 6.27. The molecule has 428 valence electrons. The summed E-state index contributed by atoms with van der Waals surface area (Å²) in [5.41, 5.74) is 30.5. The highest BCUT2D eigenvalue weighted by Crippen LogP contribution is 2.51. The van der Waals surface area contributed by atoms with E-state index >= 15 is 0 Å². The van der Waals surface area contributed by atoms with Crippen molar-refractivity contribution >= 4 is 112 Å². The molecule has 0 saturated heterocycles. The van der Waals surface area contributed by atoms with Gasteiger partial charge in [-0.25, -0.2) is 0 Å². The zero-order valence-electron chi connectivity index (χ0n) is 51.3. The second-order valence-electron chi connectivity index (χ2n) is 24.6. The van der Waals surface area contributed by atoms with Crippen LogP contribution in [0.25, 0.3) is 54.6 Å². The molecule has 15 rings (SSSR count). The van der Waals surface area contributed by atoms with Crippen molar-refractivity contribution in [2.75, 3.05) is 19.6 Å². The minimum absolute atomic E-state index is 0.675. The van der Waals surface area contributed by atoms with Gasteiger partial charge in [0.1, 0.15) is 0 Å². The van der Waals surface area contributed by atoms with Crippen LogP contribution in [0.5, 0.6) is 0 Å². The van der Waals surface area contributed by atoms with E-state index in [0.29, 0.717) is 13.1 Å². The molecule has 88 heavy (non-hydrogen) atoms. The summed E-state index contributed by atoms with van der Waals surface area (Å²) >= 11 is 0. The van der Waals surface area contributed by atoms with E-state index in [-0.39, 0.29) is 0 Å². The summed E-state index contributed by atoms with van der Waals surface area (Å²) < 4.78 is 5.19. The van der Waals surface area contributed by atoms with E-state index in [4.69, 9.17) is 0 Å². The smallest absolute Gasteiger partial charge is 0.0804 e. The van der Waals surface area contributed by atoms with Crippen LogP contribution in [-0.4, -0.2) is 8.80 Å². The third-order valence-corrected chi connectivity index (χ3v) is 18.1. The first-order valence-corrected chi connectivity index (χ1v) is 30.8. The van der Waals surface area contributed by atoms with Gasteiger partial charge in [-0.1, -0.05) is 154 Å². The van der Waals surface area contributed by atoms with Crippen LogP contribution >= 0.6 is 0 Å². The number of nitrogens with zero attached hydrogens (tertiary/aromatic N) is 6. The Balaban J connectivity index is 1.04. The van der Waals surface area contributed by atoms with E-state index in [1.165, 1.54) is 88.2 Å². The minimum atomic E-state index is 0.675. The fraction of sp³-hybridized carbons (Fsp3) is 0.122. The lowest BCUT2D eigenvalue weighted by atomic mass is 10.0. The largest absolute Gasteiger partial charge is 0.337 e. The molecule has 12 aromatic carbocycles. The SMILES string of the molecule is Cc1ccc(N(Cc2ccc3c(c2)c2c(N(c4ccc(C)cc4)c4ccc(C)cc4)ccc4c2n3c2ccc(N(c3ccc(C)cc3)c3ccc(C)cc3)c3c5cc(CN(c6ccc(C)cc6)c6ccc(C)cc6)ccc5n4c32)c2ccc(C)cc2)cc1. The summed E-state index contributed by atoms with van der Waals surface area (Å²) in [5, 5.41) is 4.79. The van der Waals surface area contributed by atoms with Gasteiger partial charge < -0.3 is 28.4 Å². The Morgan fingerprint density at radius 1 is 0.239 bits per heavy atom. The number of anilines is 10. The molecule has 6 heteroatoms.